The van der Waals surface area contributed by atoms with Crippen LogP contribution in [0.15, 0.2) is 12.1 Å². The van der Waals surface area contributed by atoms with Gasteiger partial charge in [-0.05, 0) is 6.07 Å². The Bertz CT molecular complexity index is 477. The Morgan fingerprint density at radius 1 is 1.65 bits per heavy atom. The Morgan fingerprint density at radius 3 is 2.71 bits per heavy atom. The Kier molecular flexibility index (Phi) is 3.87. The topological polar surface area (TPSA) is 116 Å². The number of benzene rings is 1. The number of nitro groups is 1. The Morgan fingerprint density at radius 2 is 2.24 bits per heavy atom. The number of nitrogens with zero attached hydrogens (tertiary/aromatic N) is 1. The number of esters is 1. The van der Waals surface area contributed by atoms with Crippen molar-refractivity contribution in [2.75, 3.05) is 7.11 Å². The lowest BCUT2D eigenvalue weighted by molar-refractivity contribution is -0.385. The molecule has 0 unspecified atom stereocenters. The largest absolute Gasteiger partial charge is 0.506 e. The average Bonchev–Trinajstić information content (AvgIpc) is 2.30. The molecule has 1 aromatic rings. The van der Waals surface area contributed by atoms with E-state index in [4.69, 9.17) is 17.3 Å². The highest BCUT2D eigenvalue weighted by molar-refractivity contribution is 6.32. The van der Waals surface area contributed by atoms with Gasteiger partial charge in [-0.3, -0.25) is 10.1 Å². The van der Waals surface area contributed by atoms with Crippen LogP contribution in [0.3, 0.4) is 0 Å². The number of carbonyl (C=O) groups excluding carboxylic acids is 1. The number of carbonyl (C=O) groups is 1. The molecule has 1 atom stereocenters. The summed E-state index contributed by atoms with van der Waals surface area (Å²) < 4.78 is 4.36. The number of hydrogen-bond acceptors (Lipinski definition) is 6. The van der Waals surface area contributed by atoms with Crippen LogP contribution >= 0.6 is 11.6 Å². The fourth-order valence-electron chi connectivity index (χ4n) is 1.28. The van der Waals surface area contributed by atoms with Gasteiger partial charge in [-0.25, -0.2) is 4.79 Å². The van der Waals surface area contributed by atoms with Gasteiger partial charge in [-0.2, -0.15) is 0 Å². The summed E-state index contributed by atoms with van der Waals surface area (Å²) in [4.78, 5) is 21.2. The van der Waals surface area contributed by atoms with E-state index in [1.165, 1.54) is 0 Å². The van der Waals surface area contributed by atoms with Crippen molar-refractivity contribution >= 4 is 23.3 Å². The molecule has 92 valence electrons. The van der Waals surface area contributed by atoms with E-state index >= 15 is 0 Å². The highest BCUT2D eigenvalue weighted by atomic mass is 35.5. The lowest BCUT2D eigenvalue weighted by Gasteiger charge is -2.12. The quantitative estimate of drug-likeness (QED) is 0.478. The Labute approximate surface area is 101 Å². The molecule has 0 radical (unpaired) electrons. The zero-order valence-corrected chi connectivity index (χ0v) is 9.47. The van der Waals surface area contributed by atoms with Crippen LogP contribution in [0.4, 0.5) is 5.69 Å². The molecule has 0 saturated carbocycles. The van der Waals surface area contributed by atoms with Gasteiger partial charge >= 0.3 is 5.97 Å². The average molecular weight is 261 g/mol. The van der Waals surface area contributed by atoms with E-state index in [9.17, 15) is 20.0 Å². The summed E-state index contributed by atoms with van der Waals surface area (Å²) in [5.74, 6) is -1.51. The third-order valence-electron chi connectivity index (χ3n) is 2.11. The Hall–Kier alpha value is -1.86. The van der Waals surface area contributed by atoms with E-state index < -0.39 is 28.4 Å². The molecule has 0 fully saturated rings. The summed E-state index contributed by atoms with van der Waals surface area (Å²) in [6.07, 6.45) is 0. The number of methoxy groups -OCH3 is 1. The van der Waals surface area contributed by atoms with Gasteiger partial charge < -0.3 is 15.6 Å². The molecule has 0 aliphatic carbocycles. The normalized spacial score (nSPS) is 11.9. The van der Waals surface area contributed by atoms with Crippen molar-refractivity contribution in [1.82, 2.24) is 0 Å². The maximum absolute atomic E-state index is 11.2. The van der Waals surface area contributed by atoms with Crippen LogP contribution in [0.1, 0.15) is 11.6 Å². The first kappa shape index (κ1) is 13.2. The standard InChI is InChI=1S/C9H9ClN2O5/c1-17-9(14)7(11)6-5(12(15)16)3-2-4(10)8(6)13/h2-3,7,13H,11H2,1H3/t7-/m0/s1. The van der Waals surface area contributed by atoms with Crippen molar-refractivity contribution in [2.24, 2.45) is 5.73 Å². The lowest BCUT2D eigenvalue weighted by Crippen LogP contribution is -2.23. The molecule has 0 aromatic heterocycles. The molecule has 3 N–H and O–H groups in total. The van der Waals surface area contributed by atoms with E-state index in [2.05, 4.69) is 4.74 Å². The van der Waals surface area contributed by atoms with Crippen LogP contribution in [-0.4, -0.2) is 23.1 Å². The van der Waals surface area contributed by atoms with Gasteiger partial charge in [0.05, 0.1) is 17.1 Å². The van der Waals surface area contributed by atoms with Crippen molar-refractivity contribution in [2.45, 2.75) is 6.04 Å². The number of phenolic OH excluding ortho intramolecular Hbond substituents is 1. The SMILES string of the molecule is COC(=O)[C@@H](N)c1c([N+](=O)[O-])ccc(Cl)c1O. The number of ether oxygens (including phenoxy) is 1. The van der Waals surface area contributed by atoms with E-state index in [0.717, 1.165) is 19.2 Å². The highest BCUT2D eigenvalue weighted by Gasteiger charge is 2.30. The number of hydrogen-bond donors (Lipinski definition) is 2. The van der Waals surface area contributed by atoms with E-state index in [1.807, 2.05) is 0 Å². The number of phenols is 1. The molecule has 0 bridgehead atoms. The summed E-state index contributed by atoms with van der Waals surface area (Å²) in [6.45, 7) is 0. The van der Waals surface area contributed by atoms with Crippen molar-refractivity contribution in [1.29, 1.82) is 0 Å². The molecule has 0 aliphatic heterocycles. The maximum Gasteiger partial charge on any atom is 0.327 e. The monoisotopic (exact) mass is 260 g/mol. The molecule has 0 spiro atoms. The first-order valence-electron chi connectivity index (χ1n) is 4.39. The fraction of sp³-hybridized carbons (Fsp3) is 0.222. The van der Waals surface area contributed by atoms with Gasteiger partial charge in [0.2, 0.25) is 0 Å². The zero-order valence-electron chi connectivity index (χ0n) is 8.71. The van der Waals surface area contributed by atoms with Crippen molar-refractivity contribution in [3.63, 3.8) is 0 Å². The lowest BCUT2D eigenvalue weighted by atomic mass is 10.0. The molecular weight excluding hydrogens is 252 g/mol. The fourth-order valence-corrected chi connectivity index (χ4v) is 1.45. The smallest absolute Gasteiger partial charge is 0.327 e. The van der Waals surface area contributed by atoms with Crippen molar-refractivity contribution < 1.29 is 19.6 Å². The Balaban J connectivity index is 3.42. The number of nitrogens with two attached hydrogens (primary N) is 1. The van der Waals surface area contributed by atoms with Crippen molar-refractivity contribution in [3.05, 3.63) is 32.8 Å². The minimum atomic E-state index is -1.47. The van der Waals surface area contributed by atoms with Crippen LogP contribution in [0.2, 0.25) is 5.02 Å². The van der Waals surface area contributed by atoms with Gasteiger partial charge in [0.25, 0.3) is 5.69 Å². The number of rotatable bonds is 3. The van der Waals surface area contributed by atoms with Crippen LogP contribution < -0.4 is 5.73 Å². The molecule has 0 aliphatic rings. The number of aromatic hydroxyl groups is 1. The first-order chi connectivity index (χ1) is 7.90. The molecule has 1 rings (SSSR count). The van der Waals surface area contributed by atoms with Gasteiger partial charge in [0.1, 0.15) is 17.4 Å². The first-order valence-corrected chi connectivity index (χ1v) is 4.77. The molecular formula is C9H9ClN2O5. The molecule has 8 heteroatoms. The summed E-state index contributed by atoms with van der Waals surface area (Å²) in [6, 6.07) is 0.724. The van der Waals surface area contributed by atoms with E-state index in [0.29, 0.717) is 0 Å². The van der Waals surface area contributed by atoms with Gasteiger partial charge in [0, 0.05) is 6.07 Å². The van der Waals surface area contributed by atoms with Crippen LogP contribution in [0.25, 0.3) is 0 Å². The summed E-state index contributed by atoms with van der Waals surface area (Å²) in [5, 5.41) is 20.2. The van der Waals surface area contributed by atoms with Crippen LogP contribution in [-0.2, 0) is 9.53 Å². The number of halogens is 1. The maximum atomic E-state index is 11.2. The molecule has 0 heterocycles. The van der Waals surface area contributed by atoms with E-state index in [-0.39, 0.29) is 10.6 Å². The summed E-state index contributed by atoms with van der Waals surface area (Å²) >= 11 is 5.60. The van der Waals surface area contributed by atoms with Crippen LogP contribution in [0.5, 0.6) is 5.75 Å². The highest BCUT2D eigenvalue weighted by Crippen LogP contribution is 2.37. The van der Waals surface area contributed by atoms with E-state index in [1.54, 1.807) is 0 Å². The molecule has 17 heavy (non-hydrogen) atoms. The zero-order chi connectivity index (χ0) is 13.2. The summed E-state index contributed by atoms with van der Waals surface area (Å²) in [7, 11) is 1.08. The van der Waals surface area contributed by atoms with Crippen molar-refractivity contribution in [3.8, 4) is 5.75 Å². The molecule has 7 nitrogen and oxygen atoms in total. The van der Waals surface area contributed by atoms with Gasteiger partial charge in [-0.1, -0.05) is 11.6 Å². The predicted molar refractivity (Wildman–Crippen MR) is 58.7 cm³/mol. The second kappa shape index (κ2) is 4.98. The number of nitro benzene ring substituents is 1. The van der Waals surface area contributed by atoms with Gasteiger partial charge in [0.15, 0.2) is 0 Å². The summed E-state index contributed by atoms with van der Waals surface area (Å²) in [5.41, 5.74) is 4.60. The molecule has 0 amide bonds. The van der Waals surface area contributed by atoms with Crippen LogP contribution in [0, 0.1) is 10.1 Å². The third-order valence-corrected chi connectivity index (χ3v) is 2.41. The second-order valence-electron chi connectivity index (χ2n) is 3.09. The second-order valence-corrected chi connectivity index (χ2v) is 3.49. The predicted octanol–water partition coefficient (Wildman–Crippen LogP) is 1.13. The minimum Gasteiger partial charge on any atom is -0.506 e. The molecule has 1 aromatic carbocycles. The van der Waals surface area contributed by atoms with Gasteiger partial charge in [-0.15, -0.1) is 0 Å². The minimum absolute atomic E-state index is 0.134. The third kappa shape index (κ3) is 2.45. The molecule has 0 saturated heterocycles.